The van der Waals surface area contributed by atoms with Crippen molar-refractivity contribution >= 4 is 29.5 Å². The molecule has 27 heavy (non-hydrogen) atoms. The van der Waals surface area contributed by atoms with E-state index >= 15 is 0 Å². The Balaban J connectivity index is 2.16. The number of hydrogen-bond donors (Lipinski definition) is 0. The standard InChI is InChI=1S/C22H20Cl2O3/c1-3-18(13-25)22(27-15-17-7-11-20(24)12-8-17)21(4-2)26-14-16-5-9-19(23)10-6-16/h3-13H,1,14-15H2,2H3/b21-4+,22-18-. The Hall–Kier alpha value is -2.49. The molecule has 0 atom stereocenters. The van der Waals surface area contributed by atoms with Crippen LogP contribution in [0.25, 0.3) is 0 Å². The number of ether oxygens (including phenoxy) is 2. The van der Waals surface area contributed by atoms with Gasteiger partial charge in [-0.1, -0.05) is 60.1 Å². The number of allylic oxidation sites excluding steroid dienone is 3. The lowest BCUT2D eigenvalue weighted by atomic mass is 10.2. The van der Waals surface area contributed by atoms with Gasteiger partial charge in [0, 0.05) is 10.0 Å². The predicted molar refractivity (Wildman–Crippen MR) is 110 cm³/mol. The van der Waals surface area contributed by atoms with Crippen molar-refractivity contribution in [3.05, 3.63) is 106 Å². The maximum Gasteiger partial charge on any atom is 0.171 e. The van der Waals surface area contributed by atoms with Crippen LogP contribution in [0.3, 0.4) is 0 Å². The highest BCUT2D eigenvalue weighted by Crippen LogP contribution is 2.22. The average molecular weight is 403 g/mol. The molecule has 140 valence electrons. The first-order valence-corrected chi connectivity index (χ1v) is 9.06. The normalized spacial score (nSPS) is 12.2. The second-order valence-electron chi connectivity index (χ2n) is 5.59. The van der Waals surface area contributed by atoms with Crippen LogP contribution in [0.5, 0.6) is 0 Å². The third-order valence-corrected chi connectivity index (χ3v) is 4.20. The van der Waals surface area contributed by atoms with Gasteiger partial charge in [0.05, 0.1) is 5.57 Å². The van der Waals surface area contributed by atoms with Crippen molar-refractivity contribution in [2.24, 2.45) is 0 Å². The molecule has 0 N–H and O–H groups in total. The average Bonchev–Trinajstić information content (AvgIpc) is 2.69. The third-order valence-electron chi connectivity index (χ3n) is 3.70. The van der Waals surface area contributed by atoms with E-state index in [0.717, 1.165) is 11.1 Å². The van der Waals surface area contributed by atoms with Crippen molar-refractivity contribution in [3.63, 3.8) is 0 Å². The molecule has 0 aliphatic rings. The Morgan fingerprint density at radius 2 is 1.41 bits per heavy atom. The highest BCUT2D eigenvalue weighted by atomic mass is 35.5. The number of carbonyl (C=O) groups excluding carboxylic acids is 1. The van der Waals surface area contributed by atoms with Crippen molar-refractivity contribution in [1.82, 2.24) is 0 Å². The quantitative estimate of drug-likeness (QED) is 0.214. The zero-order valence-electron chi connectivity index (χ0n) is 15.0. The summed E-state index contributed by atoms with van der Waals surface area (Å²) in [7, 11) is 0. The highest BCUT2D eigenvalue weighted by molar-refractivity contribution is 6.30. The molecule has 0 aliphatic carbocycles. The van der Waals surface area contributed by atoms with E-state index in [1.54, 1.807) is 30.3 Å². The molecular formula is C22H20Cl2O3. The maximum atomic E-state index is 11.4. The predicted octanol–water partition coefficient (Wildman–Crippen LogP) is 6.27. The molecule has 0 bridgehead atoms. The molecule has 0 aromatic heterocycles. The van der Waals surface area contributed by atoms with Crippen molar-refractivity contribution in [2.75, 3.05) is 0 Å². The monoisotopic (exact) mass is 402 g/mol. The number of halogens is 2. The molecule has 0 spiro atoms. The number of hydrogen-bond acceptors (Lipinski definition) is 3. The van der Waals surface area contributed by atoms with Gasteiger partial charge in [0.1, 0.15) is 13.2 Å². The van der Waals surface area contributed by atoms with Gasteiger partial charge in [0.15, 0.2) is 17.8 Å². The summed E-state index contributed by atoms with van der Waals surface area (Å²) >= 11 is 11.8. The molecule has 0 unspecified atom stereocenters. The minimum atomic E-state index is 0.263. The van der Waals surface area contributed by atoms with Crippen LogP contribution in [0.2, 0.25) is 10.0 Å². The largest absolute Gasteiger partial charge is 0.485 e. The molecule has 3 nitrogen and oxygen atoms in total. The molecule has 0 fully saturated rings. The van der Waals surface area contributed by atoms with E-state index in [1.807, 2.05) is 31.2 Å². The zero-order chi connectivity index (χ0) is 19.6. The Kier molecular flexibility index (Phi) is 8.18. The van der Waals surface area contributed by atoms with E-state index in [4.69, 9.17) is 32.7 Å². The second-order valence-corrected chi connectivity index (χ2v) is 6.46. The summed E-state index contributed by atoms with van der Waals surface area (Å²) < 4.78 is 11.8. The smallest absolute Gasteiger partial charge is 0.171 e. The minimum Gasteiger partial charge on any atom is -0.485 e. The molecule has 2 aromatic rings. The summed E-state index contributed by atoms with van der Waals surface area (Å²) in [6, 6.07) is 14.6. The van der Waals surface area contributed by atoms with Crippen LogP contribution < -0.4 is 0 Å². The molecule has 2 aromatic carbocycles. The van der Waals surface area contributed by atoms with Gasteiger partial charge in [-0.15, -0.1) is 0 Å². The van der Waals surface area contributed by atoms with Gasteiger partial charge in [0.25, 0.3) is 0 Å². The topological polar surface area (TPSA) is 35.5 Å². The van der Waals surface area contributed by atoms with Crippen LogP contribution in [-0.4, -0.2) is 6.29 Å². The lowest BCUT2D eigenvalue weighted by Gasteiger charge is -2.17. The fourth-order valence-electron chi connectivity index (χ4n) is 2.25. The van der Waals surface area contributed by atoms with Crippen LogP contribution in [0.1, 0.15) is 18.1 Å². The first-order chi connectivity index (χ1) is 13.1. The number of rotatable bonds is 9. The van der Waals surface area contributed by atoms with Crippen molar-refractivity contribution in [2.45, 2.75) is 20.1 Å². The molecule has 5 heteroatoms. The van der Waals surface area contributed by atoms with Crippen LogP contribution in [0.15, 0.2) is 84.4 Å². The first-order valence-electron chi connectivity index (χ1n) is 8.30. The van der Waals surface area contributed by atoms with E-state index in [-0.39, 0.29) is 6.61 Å². The van der Waals surface area contributed by atoms with E-state index in [1.165, 1.54) is 6.08 Å². The van der Waals surface area contributed by atoms with Gasteiger partial charge in [-0.25, -0.2) is 0 Å². The Labute approximate surface area is 169 Å². The second kappa shape index (κ2) is 10.6. The highest BCUT2D eigenvalue weighted by Gasteiger charge is 2.14. The van der Waals surface area contributed by atoms with Gasteiger partial charge >= 0.3 is 0 Å². The molecule has 2 rings (SSSR count). The molecule has 0 radical (unpaired) electrons. The number of carbonyl (C=O) groups is 1. The summed E-state index contributed by atoms with van der Waals surface area (Å²) in [6.07, 6.45) is 3.89. The summed E-state index contributed by atoms with van der Waals surface area (Å²) in [4.78, 5) is 11.4. The minimum absolute atomic E-state index is 0.263. The van der Waals surface area contributed by atoms with E-state index < -0.39 is 0 Å². The summed E-state index contributed by atoms with van der Waals surface area (Å²) in [5.41, 5.74) is 2.18. The molecule has 0 heterocycles. The molecule has 0 saturated heterocycles. The zero-order valence-corrected chi connectivity index (χ0v) is 16.5. The lowest BCUT2D eigenvalue weighted by molar-refractivity contribution is -0.104. The lowest BCUT2D eigenvalue weighted by Crippen LogP contribution is -2.05. The SMILES string of the molecule is C=C/C(C=O)=C(OCc1ccc(Cl)cc1)\C(=C/C)OCc1ccc(Cl)cc1. The summed E-state index contributed by atoms with van der Waals surface area (Å²) in [5.74, 6) is 0.798. The van der Waals surface area contributed by atoms with Gasteiger partial charge in [-0.05, 0) is 48.4 Å². The Morgan fingerprint density at radius 3 is 1.81 bits per heavy atom. The van der Waals surface area contributed by atoms with E-state index in [2.05, 4.69) is 6.58 Å². The maximum absolute atomic E-state index is 11.4. The number of aldehydes is 1. The van der Waals surface area contributed by atoms with Gasteiger partial charge in [0.2, 0.25) is 0 Å². The fraction of sp³-hybridized carbons (Fsp3) is 0.136. The van der Waals surface area contributed by atoms with Gasteiger partial charge in [-0.3, -0.25) is 4.79 Å². The Bertz CT molecular complexity index is 825. The van der Waals surface area contributed by atoms with Crippen molar-refractivity contribution < 1.29 is 14.3 Å². The van der Waals surface area contributed by atoms with Crippen LogP contribution in [-0.2, 0) is 27.5 Å². The fourth-order valence-corrected chi connectivity index (χ4v) is 2.50. The Morgan fingerprint density at radius 1 is 0.926 bits per heavy atom. The van der Waals surface area contributed by atoms with Gasteiger partial charge in [-0.2, -0.15) is 0 Å². The number of benzene rings is 2. The van der Waals surface area contributed by atoms with Crippen molar-refractivity contribution in [3.8, 4) is 0 Å². The summed E-state index contributed by atoms with van der Waals surface area (Å²) in [5, 5.41) is 1.31. The molecule has 0 amide bonds. The van der Waals surface area contributed by atoms with E-state index in [9.17, 15) is 4.79 Å². The molecule has 0 aliphatic heterocycles. The van der Waals surface area contributed by atoms with E-state index in [0.29, 0.717) is 40.0 Å². The van der Waals surface area contributed by atoms with Crippen LogP contribution in [0, 0.1) is 0 Å². The third kappa shape index (κ3) is 6.31. The summed E-state index contributed by atoms with van der Waals surface area (Å²) in [6.45, 7) is 6.07. The molecule has 0 saturated carbocycles. The van der Waals surface area contributed by atoms with Gasteiger partial charge < -0.3 is 9.47 Å². The van der Waals surface area contributed by atoms with Crippen LogP contribution in [0.4, 0.5) is 0 Å². The molecular weight excluding hydrogens is 383 g/mol. The first kappa shape index (κ1) is 20.8. The van der Waals surface area contributed by atoms with Crippen LogP contribution >= 0.6 is 23.2 Å². The van der Waals surface area contributed by atoms with Crippen molar-refractivity contribution in [1.29, 1.82) is 0 Å².